The van der Waals surface area contributed by atoms with Gasteiger partial charge in [-0.15, -0.1) is 0 Å². The number of carbonyl (C=O) groups is 2. The first-order valence-electron chi connectivity index (χ1n) is 10.4. The van der Waals surface area contributed by atoms with Gasteiger partial charge in [0.1, 0.15) is 6.61 Å². The summed E-state index contributed by atoms with van der Waals surface area (Å²) >= 11 is 0. The van der Waals surface area contributed by atoms with Gasteiger partial charge in [0.05, 0.1) is 36.9 Å². The van der Waals surface area contributed by atoms with E-state index in [2.05, 4.69) is 10.1 Å². The number of hydrogen-bond acceptors (Lipinski definition) is 10. The zero-order valence-corrected chi connectivity index (χ0v) is 19.5. The third-order valence-corrected chi connectivity index (χ3v) is 7.31. The Bertz CT molecular complexity index is 935. The van der Waals surface area contributed by atoms with Crippen LogP contribution in [0.25, 0.3) is 0 Å². The molecule has 1 aromatic carbocycles. The fourth-order valence-corrected chi connectivity index (χ4v) is 4.96. The van der Waals surface area contributed by atoms with E-state index in [1.54, 1.807) is 19.1 Å². The van der Waals surface area contributed by atoms with E-state index < -0.39 is 77.3 Å². The summed E-state index contributed by atoms with van der Waals surface area (Å²) in [6.07, 6.45) is -3.55. The third kappa shape index (κ3) is 6.49. The molecule has 0 aromatic heterocycles. The average molecular weight is 490 g/mol. The highest BCUT2D eigenvalue weighted by Crippen LogP contribution is 2.39. The lowest BCUT2D eigenvalue weighted by Crippen LogP contribution is -2.62. The number of aliphatic hydroxyl groups is 4. The lowest BCUT2D eigenvalue weighted by Gasteiger charge is -2.46. The number of aryl methyl sites for hydroxylation is 1. The molecule has 1 aliphatic rings. The molecule has 1 fully saturated rings. The number of ether oxygens (including phenoxy) is 1. The number of nitrogens with one attached hydrogen (secondary N) is 1. The topological polar surface area (TPSA) is 180 Å². The van der Waals surface area contributed by atoms with Gasteiger partial charge >= 0.3 is 5.97 Å². The van der Waals surface area contributed by atoms with Crippen LogP contribution in [0.3, 0.4) is 0 Å². The second-order valence-electron chi connectivity index (χ2n) is 8.39. The SMILES string of the molecule is COC(=O)[C@@]1(O)CC(O)[C@@H](NC(=O)CO)C(C(C)C(O)COS(=O)(=O)c2ccc(C)cc2)C1. The van der Waals surface area contributed by atoms with Crippen LogP contribution in [0, 0.1) is 18.8 Å². The first-order chi connectivity index (χ1) is 15.3. The van der Waals surface area contributed by atoms with Gasteiger partial charge < -0.3 is 30.5 Å². The van der Waals surface area contributed by atoms with Crippen molar-refractivity contribution in [3.05, 3.63) is 29.8 Å². The highest BCUT2D eigenvalue weighted by molar-refractivity contribution is 7.86. The summed E-state index contributed by atoms with van der Waals surface area (Å²) in [5.74, 6) is -3.53. The van der Waals surface area contributed by atoms with Gasteiger partial charge in [-0.1, -0.05) is 24.6 Å². The molecule has 33 heavy (non-hydrogen) atoms. The van der Waals surface area contributed by atoms with E-state index in [1.165, 1.54) is 19.1 Å². The molecular weight excluding hydrogens is 458 g/mol. The summed E-state index contributed by atoms with van der Waals surface area (Å²) in [5.41, 5.74) is -1.23. The number of hydrogen-bond donors (Lipinski definition) is 5. The summed E-state index contributed by atoms with van der Waals surface area (Å²) < 4.78 is 34.5. The molecule has 186 valence electrons. The summed E-state index contributed by atoms with van der Waals surface area (Å²) in [5, 5.41) is 43.4. The molecule has 6 atom stereocenters. The van der Waals surface area contributed by atoms with E-state index >= 15 is 0 Å². The first-order valence-corrected chi connectivity index (χ1v) is 11.8. The summed E-state index contributed by atoms with van der Waals surface area (Å²) in [6, 6.07) is 4.90. The molecule has 2 rings (SSSR count). The van der Waals surface area contributed by atoms with E-state index in [0.29, 0.717) is 0 Å². The maximum atomic E-state index is 12.4. The Morgan fingerprint density at radius 1 is 1.24 bits per heavy atom. The third-order valence-electron chi connectivity index (χ3n) is 6.02. The second-order valence-corrected chi connectivity index (χ2v) is 10.0. The summed E-state index contributed by atoms with van der Waals surface area (Å²) in [7, 11) is -3.09. The predicted molar refractivity (Wildman–Crippen MR) is 114 cm³/mol. The van der Waals surface area contributed by atoms with Crippen LogP contribution >= 0.6 is 0 Å². The van der Waals surface area contributed by atoms with E-state index in [9.17, 15) is 33.3 Å². The molecule has 12 heteroatoms. The van der Waals surface area contributed by atoms with Crippen molar-refractivity contribution in [2.75, 3.05) is 20.3 Å². The van der Waals surface area contributed by atoms with Gasteiger partial charge in [-0.3, -0.25) is 8.98 Å². The minimum Gasteiger partial charge on any atom is -0.467 e. The lowest BCUT2D eigenvalue weighted by molar-refractivity contribution is -0.178. The molecule has 0 heterocycles. The number of rotatable bonds is 9. The average Bonchev–Trinajstić information content (AvgIpc) is 2.78. The Labute approximate surface area is 192 Å². The molecule has 0 spiro atoms. The van der Waals surface area contributed by atoms with E-state index in [-0.39, 0.29) is 11.3 Å². The highest BCUT2D eigenvalue weighted by Gasteiger charge is 2.52. The smallest absolute Gasteiger partial charge is 0.337 e. The van der Waals surface area contributed by atoms with Crippen molar-refractivity contribution in [1.29, 1.82) is 0 Å². The van der Waals surface area contributed by atoms with Crippen LogP contribution in [0.15, 0.2) is 29.2 Å². The minimum absolute atomic E-state index is 0.0887. The zero-order chi connectivity index (χ0) is 25.0. The van der Waals surface area contributed by atoms with Crippen LogP contribution in [-0.4, -0.2) is 84.9 Å². The Morgan fingerprint density at radius 3 is 2.39 bits per heavy atom. The molecule has 1 saturated carbocycles. The molecule has 0 aliphatic heterocycles. The molecule has 0 radical (unpaired) electrons. The molecule has 5 N–H and O–H groups in total. The predicted octanol–water partition coefficient (Wildman–Crippen LogP) is -1.15. The van der Waals surface area contributed by atoms with Gasteiger partial charge in [0.15, 0.2) is 5.60 Å². The Kier molecular flexibility index (Phi) is 8.96. The maximum Gasteiger partial charge on any atom is 0.337 e. The van der Waals surface area contributed by atoms with E-state index in [1.807, 2.05) is 0 Å². The van der Waals surface area contributed by atoms with Crippen LogP contribution in [0.2, 0.25) is 0 Å². The monoisotopic (exact) mass is 489 g/mol. The zero-order valence-electron chi connectivity index (χ0n) is 18.7. The lowest BCUT2D eigenvalue weighted by atomic mass is 9.67. The molecule has 4 unspecified atom stereocenters. The molecular formula is C21H31NO10S. The fourth-order valence-electron chi connectivity index (χ4n) is 4.03. The molecule has 11 nitrogen and oxygen atoms in total. The van der Waals surface area contributed by atoms with Crippen LogP contribution in [0.5, 0.6) is 0 Å². The number of benzene rings is 1. The molecule has 1 aliphatic carbocycles. The highest BCUT2D eigenvalue weighted by atomic mass is 32.2. The summed E-state index contributed by atoms with van der Waals surface area (Å²) in [4.78, 5) is 23.8. The fraction of sp³-hybridized carbons (Fsp3) is 0.619. The Balaban J connectivity index is 2.21. The van der Waals surface area contributed by atoms with Gasteiger partial charge in [0, 0.05) is 6.42 Å². The van der Waals surface area contributed by atoms with Crippen molar-refractivity contribution in [2.45, 2.75) is 55.4 Å². The van der Waals surface area contributed by atoms with Gasteiger partial charge in [-0.05, 0) is 37.3 Å². The number of amides is 1. The largest absolute Gasteiger partial charge is 0.467 e. The van der Waals surface area contributed by atoms with Crippen LogP contribution < -0.4 is 5.32 Å². The van der Waals surface area contributed by atoms with Crippen molar-refractivity contribution in [1.82, 2.24) is 5.32 Å². The molecule has 1 amide bonds. The van der Waals surface area contributed by atoms with Crippen molar-refractivity contribution in [2.24, 2.45) is 11.8 Å². The van der Waals surface area contributed by atoms with Gasteiger partial charge in [-0.2, -0.15) is 8.42 Å². The number of carbonyl (C=O) groups excluding carboxylic acids is 2. The molecule has 0 saturated heterocycles. The molecule has 0 bridgehead atoms. The van der Waals surface area contributed by atoms with Crippen molar-refractivity contribution < 1.29 is 47.4 Å². The number of esters is 1. The maximum absolute atomic E-state index is 12.4. The second kappa shape index (κ2) is 10.9. The van der Waals surface area contributed by atoms with Crippen molar-refractivity contribution >= 4 is 22.0 Å². The van der Waals surface area contributed by atoms with Crippen LogP contribution in [0.4, 0.5) is 0 Å². The normalized spacial score (nSPS) is 27.4. The van der Waals surface area contributed by atoms with E-state index in [4.69, 9.17) is 9.29 Å². The van der Waals surface area contributed by atoms with Gasteiger partial charge in [0.25, 0.3) is 10.1 Å². The van der Waals surface area contributed by atoms with E-state index in [0.717, 1.165) is 12.7 Å². The standard InChI is InChI=1S/C21H31NO10S/c1-12-4-6-14(7-5-12)33(29,30)32-11-17(25)13(2)15-8-21(28,20(27)31-3)9-16(24)19(15)22-18(26)10-23/h4-7,13,15-17,19,23-25,28H,8-11H2,1-3H3,(H,22,26)/t13?,15?,16?,17?,19-,21-/m0/s1. The van der Waals surface area contributed by atoms with Gasteiger partial charge in [0.2, 0.25) is 5.91 Å². The molecule has 1 aromatic rings. The number of methoxy groups -OCH3 is 1. The quantitative estimate of drug-likeness (QED) is 0.210. The Hall–Kier alpha value is -2.09. The van der Waals surface area contributed by atoms with Crippen molar-refractivity contribution in [3.8, 4) is 0 Å². The Morgan fingerprint density at radius 2 is 1.85 bits per heavy atom. The van der Waals surface area contributed by atoms with Gasteiger partial charge in [-0.25, -0.2) is 4.79 Å². The minimum atomic E-state index is -4.16. The van der Waals surface area contributed by atoms with Crippen molar-refractivity contribution in [3.63, 3.8) is 0 Å². The summed E-state index contributed by atoms with van der Waals surface area (Å²) in [6.45, 7) is 1.81. The number of aliphatic hydroxyl groups excluding tert-OH is 3. The van der Waals surface area contributed by atoms with Crippen LogP contribution in [-0.2, 0) is 28.6 Å². The van der Waals surface area contributed by atoms with Crippen LogP contribution in [0.1, 0.15) is 25.3 Å². The first kappa shape index (κ1) is 27.2.